The highest BCUT2D eigenvalue weighted by Crippen LogP contribution is 2.33. The third-order valence-electron chi connectivity index (χ3n) is 3.95. The Morgan fingerprint density at radius 1 is 1.00 bits per heavy atom. The van der Waals surface area contributed by atoms with E-state index in [4.69, 9.17) is 0 Å². The average molecular weight is 301 g/mol. The molecule has 0 aliphatic carbocycles. The fourth-order valence-electron chi connectivity index (χ4n) is 2.63. The summed E-state index contributed by atoms with van der Waals surface area (Å²) in [4.78, 5) is 2.83. The third kappa shape index (κ3) is 4.42. The van der Waals surface area contributed by atoms with Crippen LogP contribution in [0.3, 0.4) is 0 Å². The molecule has 0 aliphatic heterocycles. The van der Waals surface area contributed by atoms with E-state index in [0.29, 0.717) is 6.04 Å². The SMILES string of the molecule is CCCCc1ccc(-c2ccc(C(CCC)NC)s2)cc1. The van der Waals surface area contributed by atoms with Crippen molar-refractivity contribution in [3.63, 3.8) is 0 Å². The van der Waals surface area contributed by atoms with Gasteiger partial charge in [0.15, 0.2) is 0 Å². The Bertz CT molecular complexity index is 527. The van der Waals surface area contributed by atoms with E-state index in [1.807, 2.05) is 11.3 Å². The van der Waals surface area contributed by atoms with Crippen molar-refractivity contribution >= 4 is 11.3 Å². The zero-order valence-corrected chi connectivity index (χ0v) is 14.3. The maximum Gasteiger partial charge on any atom is 0.0412 e. The van der Waals surface area contributed by atoms with Crippen LogP contribution < -0.4 is 5.32 Å². The summed E-state index contributed by atoms with van der Waals surface area (Å²) < 4.78 is 0. The van der Waals surface area contributed by atoms with Crippen molar-refractivity contribution in [3.8, 4) is 10.4 Å². The maximum absolute atomic E-state index is 3.43. The monoisotopic (exact) mass is 301 g/mol. The molecule has 0 amide bonds. The zero-order chi connectivity index (χ0) is 15.1. The van der Waals surface area contributed by atoms with Crippen LogP contribution in [0, 0.1) is 0 Å². The molecule has 1 nitrogen and oxygen atoms in total. The van der Waals surface area contributed by atoms with Crippen LogP contribution in [0.4, 0.5) is 0 Å². The Balaban J connectivity index is 2.10. The number of benzene rings is 1. The third-order valence-corrected chi connectivity index (χ3v) is 5.20. The van der Waals surface area contributed by atoms with Crippen molar-refractivity contribution in [2.75, 3.05) is 7.05 Å². The summed E-state index contributed by atoms with van der Waals surface area (Å²) >= 11 is 1.92. The molecule has 2 heteroatoms. The van der Waals surface area contributed by atoms with Gasteiger partial charge in [0.1, 0.15) is 0 Å². The molecule has 114 valence electrons. The summed E-state index contributed by atoms with van der Waals surface area (Å²) in [6.07, 6.45) is 6.16. The molecular formula is C19H27NS. The molecule has 0 spiro atoms. The van der Waals surface area contributed by atoms with Gasteiger partial charge in [-0.15, -0.1) is 11.3 Å². The van der Waals surface area contributed by atoms with Crippen molar-refractivity contribution in [2.24, 2.45) is 0 Å². The second kappa shape index (κ2) is 8.35. The summed E-state index contributed by atoms with van der Waals surface area (Å²) in [7, 11) is 2.06. The van der Waals surface area contributed by atoms with Crippen LogP contribution in [-0.4, -0.2) is 7.05 Å². The van der Waals surface area contributed by atoms with Gasteiger partial charge >= 0.3 is 0 Å². The van der Waals surface area contributed by atoms with Gasteiger partial charge in [-0.25, -0.2) is 0 Å². The van der Waals surface area contributed by atoms with E-state index < -0.39 is 0 Å². The largest absolute Gasteiger partial charge is 0.312 e. The van der Waals surface area contributed by atoms with Crippen LogP contribution in [0.5, 0.6) is 0 Å². The van der Waals surface area contributed by atoms with Gasteiger partial charge in [-0.3, -0.25) is 0 Å². The molecule has 0 radical (unpaired) electrons. The molecule has 1 aromatic heterocycles. The van der Waals surface area contributed by atoms with Crippen molar-refractivity contribution in [1.82, 2.24) is 5.32 Å². The van der Waals surface area contributed by atoms with Crippen LogP contribution in [0.25, 0.3) is 10.4 Å². The lowest BCUT2D eigenvalue weighted by molar-refractivity contribution is 0.550. The van der Waals surface area contributed by atoms with Gasteiger partial charge in [0.25, 0.3) is 0 Å². The van der Waals surface area contributed by atoms with Gasteiger partial charge in [0.2, 0.25) is 0 Å². The average Bonchev–Trinajstić information content (AvgIpc) is 3.00. The molecule has 21 heavy (non-hydrogen) atoms. The molecule has 0 fully saturated rings. The van der Waals surface area contributed by atoms with Crippen LogP contribution in [0.2, 0.25) is 0 Å². The summed E-state index contributed by atoms with van der Waals surface area (Å²) in [5, 5.41) is 3.43. The van der Waals surface area contributed by atoms with E-state index in [1.165, 1.54) is 53.0 Å². The predicted octanol–water partition coefficient (Wildman–Crippen LogP) is 5.82. The smallest absolute Gasteiger partial charge is 0.0412 e. The molecule has 0 aliphatic rings. The minimum absolute atomic E-state index is 0.498. The first-order valence-electron chi connectivity index (χ1n) is 8.14. The molecule has 2 rings (SSSR count). The Morgan fingerprint density at radius 3 is 2.38 bits per heavy atom. The Labute approximate surface area is 133 Å². The Hall–Kier alpha value is -1.12. The number of aryl methyl sites for hydroxylation is 1. The Kier molecular flexibility index (Phi) is 6.47. The zero-order valence-electron chi connectivity index (χ0n) is 13.5. The topological polar surface area (TPSA) is 12.0 Å². The Morgan fingerprint density at radius 2 is 1.76 bits per heavy atom. The van der Waals surface area contributed by atoms with E-state index >= 15 is 0 Å². The lowest BCUT2D eigenvalue weighted by Crippen LogP contribution is -2.14. The van der Waals surface area contributed by atoms with Gasteiger partial charge in [0.05, 0.1) is 0 Å². The normalized spacial score (nSPS) is 12.5. The molecule has 0 saturated carbocycles. The van der Waals surface area contributed by atoms with Gasteiger partial charge < -0.3 is 5.32 Å². The van der Waals surface area contributed by atoms with Crippen molar-refractivity contribution in [3.05, 3.63) is 46.8 Å². The van der Waals surface area contributed by atoms with E-state index in [-0.39, 0.29) is 0 Å². The second-order valence-corrected chi connectivity index (χ2v) is 6.75. The number of hydrogen-bond donors (Lipinski definition) is 1. The molecule has 2 aromatic rings. The first kappa shape index (κ1) is 16.3. The minimum Gasteiger partial charge on any atom is -0.312 e. The summed E-state index contributed by atoms with van der Waals surface area (Å²) in [6.45, 7) is 4.49. The number of nitrogens with one attached hydrogen (secondary N) is 1. The molecule has 1 heterocycles. The fraction of sp³-hybridized carbons (Fsp3) is 0.474. The maximum atomic E-state index is 3.43. The molecule has 1 aromatic carbocycles. The van der Waals surface area contributed by atoms with Gasteiger partial charge in [0, 0.05) is 15.8 Å². The number of thiophene rings is 1. The predicted molar refractivity (Wildman–Crippen MR) is 95.1 cm³/mol. The lowest BCUT2D eigenvalue weighted by atomic mass is 10.1. The molecule has 1 N–H and O–H groups in total. The molecular weight excluding hydrogens is 274 g/mol. The van der Waals surface area contributed by atoms with E-state index in [9.17, 15) is 0 Å². The van der Waals surface area contributed by atoms with E-state index in [2.05, 4.69) is 62.6 Å². The van der Waals surface area contributed by atoms with Gasteiger partial charge in [-0.05, 0) is 49.6 Å². The first-order chi connectivity index (χ1) is 10.3. The van der Waals surface area contributed by atoms with Crippen LogP contribution >= 0.6 is 11.3 Å². The number of unbranched alkanes of at least 4 members (excludes halogenated alkanes) is 1. The van der Waals surface area contributed by atoms with E-state index in [1.54, 1.807) is 0 Å². The minimum atomic E-state index is 0.498. The van der Waals surface area contributed by atoms with Crippen molar-refractivity contribution < 1.29 is 0 Å². The highest BCUT2D eigenvalue weighted by Gasteiger charge is 2.11. The molecule has 1 atom stereocenters. The quantitative estimate of drug-likeness (QED) is 0.648. The second-order valence-electron chi connectivity index (χ2n) is 5.63. The first-order valence-corrected chi connectivity index (χ1v) is 8.96. The highest BCUT2D eigenvalue weighted by molar-refractivity contribution is 7.15. The van der Waals surface area contributed by atoms with E-state index in [0.717, 1.165) is 0 Å². The van der Waals surface area contributed by atoms with Crippen molar-refractivity contribution in [1.29, 1.82) is 0 Å². The van der Waals surface area contributed by atoms with Crippen LogP contribution in [0.1, 0.15) is 56.0 Å². The fourth-order valence-corrected chi connectivity index (χ4v) is 3.79. The standard InChI is InChI=1S/C19H27NS/c1-4-6-8-15-9-11-16(12-10-15)18-13-14-19(21-18)17(20-3)7-5-2/h9-14,17,20H,4-8H2,1-3H3. The summed E-state index contributed by atoms with van der Waals surface area (Å²) in [6, 6.07) is 14.2. The summed E-state index contributed by atoms with van der Waals surface area (Å²) in [5.41, 5.74) is 2.80. The van der Waals surface area contributed by atoms with Gasteiger partial charge in [-0.1, -0.05) is 51.0 Å². The number of hydrogen-bond acceptors (Lipinski definition) is 2. The van der Waals surface area contributed by atoms with Crippen molar-refractivity contribution in [2.45, 2.75) is 52.0 Å². The highest BCUT2D eigenvalue weighted by atomic mass is 32.1. The number of rotatable bonds is 8. The lowest BCUT2D eigenvalue weighted by Gasteiger charge is -2.12. The molecule has 0 bridgehead atoms. The molecule has 0 saturated heterocycles. The molecule has 1 unspecified atom stereocenters. The van der Waals surface area contributed by atoms with Crippen LogP contribution in [-0.2, 0) is 6.42 Å². The summed E-state index contributed by atoms with van der Waals surface area (Å²) in [5.74, 6) is 0. The van der Waals surface area contributed by atoms with Gasteiger partial charge in [-0.2, -0.15) is 0 Å². The van der Waals surface area contributed by atoms with Crippen LogP contribution in [0.15, 0.2) is 36.4 Å².